The van der Waals surface area contributed by atoms with Gasteiger partial charge in [0.25, 0.3) is 0 Å². The van der Waals surface area contributed by atoms with Crippen LogP contribution in [0.15, 0.2) is 48.5 Å². The van der Waals surface area contributed by atoms with E-state index in [1.807, 2.05) is 18.2 Å². The summed E-state index contributed by atoms with van der Waals surface area (Å²) in [6.07, 6.45) is 2.97. The number of amides is 1. The predicted octanol–water partition coefficient (Wildman–Crippen LogP) is 6.64. The van der Waals surface area contributed by atoms with Gasteiger partial charge in [0.2, 0.25) is 5.91 Å². The van der Waals surface area contributed by atoms with E-state index < -0.39 is 17.3 Å². The highest BCUT2D eigenvalue weighted by Crippen LogP contribution is 2.66. The van der Waals surface area contributed by atoms with Crippen molar-refractivity contribution in [3.63, 3.8) is 0 Å². The number of halogens is 2. The van der Waals surface area contributed by atoms with Gasteiger partial charge in [-0.15, -0.1) is 0 Å². The molecule has 0 aromatic heterocycles. The molecule has 1 amide bonds. The number of benzene rings is 2. The van der Waals surface area contributed by atoms with Crippen molar-refractivity contribution in [2.45, 2.75) is 57.4 Å². The van der Waals surface area contributed by atoms with Crippen LogP contribution in [-0.2, 0) is 10.2 Å². The van der Waals surface area contributed by atoms with Crippen LogP contribution in [0, 0.1) is 45.8 Å². The molecule has 0 aliphatic heterocycles. The van der Waals surface area contributed by atoms with Crippen LogP contribution in [0.25, 0.3) is 0 Å². The van der Waals surface area contributed by atoms with Crippen LogP contribution in [-0.4, -0.2) is 11.9 Å². The number of nitrogens with one attached hydrogen (secondary N) is 1. The summed E-state index contributed by atoms with van der Waals surface area (Å²) in [5, 5.41) is 23.9. The molecule has 0 bridgehead atoms. The molecule has 1 N–H and O–H groups in total. The lowest BCUT2D eigenvalue weighted by atomic mass is 9.63. The Labute approximate surface area is 211 Å². The van der Waals surface area contributed by atoms with Crippen molar-refractivity contribution in [3.05, 3.63) is 69.7 Å². The fourth-order valence-electron chi connectivity index (χ4n) is 6.01. The Morgan fingerprint density at radius 1 is 1.03 bits per heavy atom. The summed E-state index contributed by atoms with van der Waals surface area (Å²) < 4.78 is 0. The van der Waals surface area contributed by atoms with Crippen LogP contribution in [0.5, 0.6) is 0 Å². The first-order valence-corrected chi connectivity index (χ1v) is 12.5. The van der Waals surface area contributed by atoms with Crippen molar-refractivity contribution in [2.75, 3.05) is 0 Å². The lowest BCUT2D eigenvalue weighted by Crippen LogP contribution is -2.51. The van der Waals surface area contributed by atoms with Crippen molar-refractivity contribution >= 4 is 29.1 Å². The minimum absolute atomic E-state index is 0.0514. The van der Waals surface area contributed by atoms with Crippen LogP contribution >= 0.6 is 23.2 Å². The summed E-state index contributed by atoms with van der Waals surface area (Å²) in [5.41, 5.74) is 0.135. The first kappa shape index (κ1) is 24.6. The topological polar surface area (TPSA) is 76.7 Å². The van der Waals surface area contributed by atoms with E-state index in [1.54, 1.807) is 18.2 Å². The number of hydrogen-bond acceptors (Lipinski definition) is 3. The van der Waals surface area contributed by atoms with E-state index >= 15 is 0 Å². The second kappa shape index (κ2) is 9.26. The smallest absolute Gasteiger partial charge is 0.226 e. The molecule has 0 saturated heterocycles. The normalized spacial score (nSPS) is 27.8. The Morgan fingerprint density at radius 3 is 2.24 bits per heavy atom. The van der Waals surface area contributed by atoms with E-state index in [0.717, 1.165) is 19.3 Å². The van der Waals surface area contributed by atoms with E-state index in [-0.39, 0.29) is 23.3 Å². The molecule has 5 atom stereocenters. The predicted molar refractivity (Wildman–Crippen MR) is 134 cm³/mol. The zero-order chi connectivity index (χ0) is 24.7. The molecule has 2 saturated carbocycles. The zero-order valence-electron chi connectivity index (χ0n) is 19.7. The first-order chi connectivity index (χ1) is 16.2. The summed E-state index contributed by atoms with van der Waals surface area (Å²) in [5.74, 6) is -1.01. The van der Waals surface area contributed by atoms with Gasteiger partial charge >= 0.3 is 0 Å². The van der Waals surface area contributed by atoms with Crippen LogP contribution in [0.3, 0.4) is 0 Å². The fourth-order valence-corrected chi connectivity index (χ4v) is 6.64. The van der Waals surface area contributed by atoms with Crippen molar-refractivity contribution < 1.29 is 4.79 Å². The summed E-state index contributed by atoms with van der Waals surface area (Å²) >= 11 is 12.8. The Bertz CT molecular complexity index is 1130. The van der Waals surface area contributed by atoms with Gasteiger partial charge < -0.3 is 5.32 Å². The van der Waals surface area contributed by atoms with Crippen molar-refractivity contribution in [2.24, 2.45) is 23.2 Å². The van der Waals surface area contributed by atoms with E-state index in [1.165, 1.54) is 5.56 Å². The van der Waals surface area contributed by atoms with E-state index in [4.69, 9.17) is 23.2 Å². The second-order valence-electron chi connectivity index (χ2n) is 10.4. The lowest BCUT2D eigenvalue weighted by molar-refractivity contribution is -0.124. The minimum Gasteiger partial charge on any atom is -0.353 e. The maximum Gasteiger partial charge on any atom is 0.226 e. The molecule has 176 valence electrons. The lowest BCUT2D eigenvalue weighted by Gasteiger charge is -2.45. The third-order valence-electron chi connectivity index (χ3n) is 8.05. The van der Waals surface area contributed by atoms with Crippen molar-refractivity contribution in [3.8, 4) is 12.1 Å². The van der Waals surface area contributed by atoms with Gasteiger partial charge in [-0.05, 0) is 53.4 Å². The number of carbonyl (C=O) groups excluding carboxylic acids is 1. The monoisotopic (exact) mass is 493 g/mol. The fraction of sp³-hybridized carbons (Fsp3) is 0.464. The third kappa shape index (κ3) is 4.08. The van der Waals surface area contributed by atoms with Gasteiger partial charge in [0.1, 0.15) is 0 Å². The number of nitrogens with zero attached hydrogens (tertiary/aromatic N) is 2. The van der Waals surface area contributed by atoms with E-state index in [2.05, 4.69) is 50.4 Å². The molecular formula is C28H29Cl2N3O. The molecule has 2 fully saturated rings. The molecule has 34 heavy (non-hydrogen) atoms. The highest BCUT2D eigenvalue weighted by Gasteiger charge is 2.72. The maximum absolute atomic E-state index is 13.6. The van der Waals surface area contributed by atoms with Crippen LogP contribution in [0.2, 0.25) is 10.0 Å². The Morgan fingerprint density at radius 2 is 1.65 bits per heavy atom. The number of hydrogen-bond donors (Lipinski definition) is 1. The van der Waals surface area contributed by atoms with Crippen molar-refractivity contribution in [1.82, 2.24) is 5.32 Å². The van der Waals surface area contributed by atoms with Gasteiger partial charge in [0.05, 0.1) is 18.1 Å². The Hall–Kier alpha value is -2.53. The van der Waals surface area contributed by atoms with Gasteiger partial charge in [0, 0.05) is 22.0 Å². The average Bonchev–Trinajstić information content (AvgIpc) is 3.48. The summed E-state index contributed by atoms with van der Waals surface area (Å²) in [6, 6.07) is 19.6. The van der Waals surface area contributed by atoms with Crippen LogP contribution in [0.4, 0.5) is 0 Å². The number of carbonyl (C=O) groups is 1. The zero-order valence-corrected chi connectivity index (χ0v) is 21.2. The largest absolute Gasteiger partial charge is 0.353 e. The van der Waals surface area contributed by atoms with Gasteiger partial charge in [-0.25, -0.2) is 0 Å². The molecule has 0 spiro atoms. The molecule has 2 aromatic carbocycles. The van der Waals surface area contributed by atoms with E-state index in [9.17, 15) is 15.3 Å². The van der Waals surface area contributed by atoms with Crippen molar-refractivity contribution in [1.29, 1.82) is 10.5 Å². The SMILES string of the molecule is C[C@@H]1CC[C@@H](C(C)(C)c2ccccc2)[C@H](NC(=O)[C@H]2[C@H](c3c(Cl)cccc3Cl)C2(C#N)C#N)C1. The number of nitriles is 2. The van der Waals surface area contributed by atoms with Gasteiger partial charge in [-0.2, -0.15) is 10.5 Å². The standard InChI is InChI=1S/C28H29Cl2N3O/c1-17-12-13-19(27(2,3)18-8-5-4-6-9-18)22(14-17)33-26(34)25-24(28(25,15-31)16-32)23-20(29)10-7-11-21(23)30/h4-11,17,19,22,24-25H,12-14H2,1-3H3,(H,33,34)/t17-,19-,22-,24+,25-/m1/s1. The molecule has 0 radical (unpaired) electrons. The van der Waals surface area contributed by atoms with Crippen LogP contribution in [0.1, 0.15) is 57.1 Å². The molecule has 2 aliphatic carbocycles. The summed E-state index contributed by atoms with van der Waals surface area (Å²) in [6.45, 7) is 6.68. The highest BCUT2D eigenvalue weighted by molar-refractivity contribution is 6.36. The van der Waals surface area contributed by atoms with Gasteiger partial charge in [0.15, 0.2) is 5.41 Å². The third-order valence-corrected chi connectivity index (χ3v) is 8.71. The minimum atomic E-state index is -1.47. The molecule has 2 aliphatic rings. The van der Waals surface area contributed by atoms with Crippen LogP contribution < -0.4 is 5.32 Å². The number of rotatable bonds is 5. The maximum atomic E-state index is 13.6. The van der Waals surface area contributed by atoms with Gasteiger partial charge in [-0.1, -0.05) is 86.8 Å². The second-order valence-corrected chi connectivity index (χ2v) is 11.2. The average molecular weight is 494 g/mol. The molecule has 0 heterocycles. The molecular weight excluding hydrogens is 465 g/mol. The summed E-state index contributed by atoms with van der Waals surface area (Å²) in [4.78, 5) is 13.6. The summed E-state index contributed by atoms with van der Waals surface area (Å²) in [7, 11) is 0. The van der Waals surface area contributed by atoms with E-state index in [0.29, 0.717) is 21.5 Å². The molecule has 4 rings (SSSR count). The Kier molecular flexibility index (Phi) is 6.69. The molecule has 4 nitrogen and oxygen atoms in total. The highest BCUT2D eigenvalue weighted by atomic mass is 35.5. The first-order valence-electron chi connectivity index (χ1n) is 11.8. The quantitative estimate of drug-likeness (QED) is 0.506. The molecule has 6 heteroatoms. The molecule has 2 aromatic rings. The Balaban J connectivity index is 1.63. The van der Waals surface area contributed by atoms with Gasteiger partial charge in [-0.3, -0.25) is 4.79 Å². The molecule has 0 unspecified atom stereocenters.